The molecule has 6 rings (SSSR count). The van der Waals surface area contributed by atoms with Crippen LogP contribution >= 0.6 is 11.3 Å². The van der Waals surface area contributed by atoms with Crippen molar-refractivity contribution in [3.05, 3.63) is 81.1 Å². The highest BCUT2D eigenvalue weighted by molar-refractivity contribution is 7.17. The quantitative estimate of drug-likeness (QED) is 0.463. The minimum atomic E-state index is 0.0904. The van der Waals surface area contributed by atoms with Crippen LogP contribution in [-0.2, 0) is 26.6 Å². The van der Waals surface area contributed by atoms with Crippen molar-refractivity contribution < 1.29 is 9.47 Å². The predicted molar refractivity (Wildman–Crippen MR) is 128 cm³/mol. The topological polar surface area (TPSA) is 43.7 Å². The molecule has 162 valence electrons. The molecule has 0 atom stereocenters. The molecule has 4 heterocycles. The highest BCUT2D eigenvalue weighted by Gasteiger charge is 2.23. The second-order valence-corrected chi connectivity index (χ2v) is 9.39. The van der Waals surface area contributed by atoms with Crippen LogP contribution in [0.3, 0.4) is 0 Å². The summed E-state index contributed by atoms with van der Waals surface area (Å²) in [5.74, 6) is 1.66. The Morgan fingerprint density at radius 1 is 1.00 bits per heavy atom. The molecule has 0 bridgehead atoms. The third kappa shape index (κ3) is 3.31. The first-order valence-electron chi connectivity index (χ1n) is 11.0. The summed E-state index contributed by atoms with van der Waals surface area (Å²) in [5.41, 5.74) is 5.53. The van der Waals surface area contributed by atoms with Gasteiger partial charge in [-0.1, -0.05) is 24.3 Å². The third-order valence-corrected chi connectivity index (χ3v) is 7.44. The highest BCUT2D eigenvalue weighted by atomic mass is 32.1. The minimum Gasteiger partial charge on any atom is -0.486 e. The van der Waals surface area contributed by atoms with Crippen LogP contribution in [-0.4, -0.2) is 29.2 Å². The van der Waals surface area contributed by atoms with E-state index in [1.54, 1.807) is 11.3 Å². The van der Waals surface area contributed by atoms with Gasteiger partial charge in [-0.25, -0.2) is 0 Å². The van der Waals surface area contributed by atoms with E-state index >= 15 is 0 Å². The number of ether oxygens (including phenoxy) is 2. The van der Waals surface area contributed by atoms with Crippen LogP contribution in [0, 0.1) is 0 Å². The van der Waals surface area contributed by atoms with Crippen molar-refractivity contribution in [3.8, 4) is 22.6 Å². The summed E-state index contributed by atoms with van der Waals surface area (Å²) in [5, 5.41) is 3.27. The Bertz CT molecular complexity index is 1390. The molecule has 5 nitrogen and oxygen atoms in total. The molecular weight excluding hydrogens is 420 g/mol. The van der Waals surface area contributed by atoms with Crippen LogP contribution < -0.4 is 15.0 Å². The molecule has 0 radical (unpaired) electrons. The third-order valence-electron chi connectivity index (χ3n) is 6.47. The lowest BCUT2D eigenvalue weighted by Crippen LogP contribution is -2.35. The van der Waals surface area contributed by atoms with Crippen molar-refractivity contribution in [2.75, 3.05) is 19.8 Å². The average molecular weight is 445 g/mol. The molecule has 2 aliphatic rings. The second kappa shape index (κ2) is 7.80. The summed E-state index contributed by atoms with van der Waals surface area (Å²) in [6.07, 6.45) is 0.871. The molecule has 2 aromatic heterocycles. The van der Waals surface area contributed by atoms with Crippen LogP contribution in [0.2, 0.25) is 0 Å². The average Bonchev–Trinajstić information content (AvgIpc) is 3.25. The van der Waals surface area contributed by atoms with E-state index in [4.69, 9.17) is 9.47 Å². The number of hydrogen-bond acceptors (Lipinski definition) is 5. The van der Waals surface area contributed by atoms with Crippen LogP contribution in [0.25, 0.3) is 21.2 Å². The molecule has 0 saturated carbocycles. The van der Waals surface area contributed by atoms with Gasteiger partial charge in [0.2, 0.25) is 0 Å². The largest absolute Gasteiger partial charge is 0.486 e. The summed E-state index contributed by atoms with van der Waals surface area (Å²) in [6.45, 7) is 3.80. The number of hydrogen-bond donors (Lipinski definition) is 0. The van der Waals surface area contributed by atoms with Gasteiger partial charge >= 0.3 is 0 Å². The fourth-order valence-corrected chi connectivity index (χ4v) is 5.81. The van der Waals surface area contributed by atoms with E-state index < -0.39 is 0 Å². The molecule has 4 aromatic rings. The van der Waals surface area contributed by atoms with Gasteiger partial charge in [-0.15, -0.1) is 11.3 Å². The SMILES string of the molecule is Cn1c2c(cc(-c3csc4ccccc34)c1=O)CN(Cc1ccc3c(c1)OCCO3)CC2. The zero-order chi connectivity index (χ0) is 21.7. The molecule has 2 aliphatic heterocycles. The molecule has 0 spiro atoms. The van der Waals surface area contributed by atoms with Gasteiger partial charge in [-0.3, -0.25) is 9.69 Å². The number of rotatable bonds is 3. The first-order valence-corrected chi connectivity index (χ1v) is 11.8. The second-order valence-electron chi connectivity index (χ2n) is 8.48. The molecule has 0 unspecified atom stereocenters. The summed E-state index contributed by atoms with van der Waals surface area (Å²) in [6, 6.07) is 16.6. The first-order chi connectivity index (χ1) is 15.7. The Labute approximate surface area is 190 Å². The summed E-state index contributed by atoms with van der Waals surface area (Å²) < 4.78 is 14.5. The van der Waals surface area contributed by atoms with Crippen LogP contribution in [0.1, 0.15) is 16.8 Å². The molecule has 0 saturated heterocycles. The van der Waals surface area contributed by atoms with Crippen LogP contribution in [0.4, 0.5) is 0 Å². The number of fused-ring (bicyclic) bond motifs is 3. The molecule has 6 heteroatoms. The number of pyridine rings is 1. The summed E-state index contributed by atoms with van der Waals surface area (Å²) in [4.78, 5) is 15.7. The molecule has 0 fully saturated rings. The fourth-order valence-electron chi connectivity index (χ4n) is 4.85. The highest BCUT2D eigenvalue weighted by Crippen LogP contribution is 2.34. The van der Waals surface area contributed by atoms with Crippen molar-refractivity contribution in [2.24, 2.45) is 7.05 Å². The molecule has 0 N–H and O–H groups in total. The van der Waals surface area contributed by atoms with Crippen LogP contribution in [0.5, 0.6) is 11.5 Å². The zero-order valence-electron chi connectivity index (χ0n) is 18.0. The maximum atomic E-state index is 13.2. The Balaban J connectivity index is 1.32. The Hall–Kier alpha value is -3.09. The first kappa shape index (κ1) is 19.6. The normalized spacial score (nSPS) is 15.7. The van der Waals surface area contributed by atoms with Gasteiger partial charge in [0, 0.05) is 65.4 Å². The van der Waals surface area contributed by atoms with Crippen molar-refractivity contribution >= 4 is 21.4 Å². The molecular formula is C26H24N2O3S. The zero-order valence-corrected chi connectivity index (χ0v) is 18.8. The summed E-state index contributed by atoms with van der Waals surface area (Å²) >= 11 is 1.69. The van der Waals surface area contributed by atoms with E-state index in [1.165, 1.54) is 15.8 Å². The Kier molecular flexibility index (Phi) is 4.77. The maximum Gasteiger partial charge on any atom is 0.258 e. The lowest BCUT2D eigenvalue weighted by molar-refractivity contribution is 0.171. The van der Waals surface area contributed by atoms with Gasteiger partial charge in [0.15, 0.2) is 11.5 Å². The monoisotopic (exact) mass is 444 g/mol. The minimum absolute atomic E-state index is 0.0904. The van der Waals surface area contributed by atoms with Gasteiger partial charge in [-0.2, -0.15) is 0 Å². The standard InChI is InChI=1S/C26H24N2O3S/c1-27-22-8-9-28(14-17-6-7-23-24(12-17)31-11-10-30-23)15-18(22)13-20(26(27)29)21-16-32-25-5-3-2-4-19(21)25/h2-7,12-13,16H,8-11,14-15H2,1H3. The van der Waals surface area contributed by atoms with Gasteiger partial charge in [0.05, 0.1) is 0 Å². The van der Waals surface area contributed by atoms with Gasteiger partial charge < -0.3 is 14.0 Å². The number of benzene rings is 2. The van der Waals surface area contributed by atoms with Crippen molar-refractivity contribution in [2.45, 2.75) is 19.5 Å². The van der Waals surface area contributed by atoms with Crippen molar-refractivity contribution in [1.29, 1.82) is 0 Å². The van der Waals surface area contributed by atoms with Crippen LogP contribution in [0.15, 0.2) is 58.7 Å². The van der Waals surface area contributed by atoms with Gasteiger partial charge in [-0.05, 0) is 35.4 Å². The molecule has 2 aromatic carbocycles. The number of aromatic nitrogens is 1. The van der Waals surface area contributed by atoms with E-state index in [0.29, 0.717) is 13.2 Å². The van der Waals surface area contributed by atoms with E-state index in [-0.39, 0.29) is 5.56 Å². The summed E-state index contributed by atoms with van der Waals surface area (Å²) in [7, 11) is 1.91. The fraction of sp³-hybridized carbons (Fsp3) is 0.269. The van der Waals surface area contributed by atoms with Crippen molar-refractivity contribution in [1.82, 2.24) is 9.47 Å². The lowest BCUT2D eigenvalue weighted by Gasteiger charge is -2.30. The van der Waals surface area contributed by atoms with Crippen molar-refractivity contribution in [3.63, 3.8) is 0 Å². The van der Waals surface area contributed by atoms with E-state index in [9.17, 15) is 4.79 Å². The maximum absolute atomic E-state index is 13.2. The Morgan fingerprint density at radius 2 is 1.84 bits per heavy atom. The van der Waals surface area contributed by atoms with Gasteiger partial charge in [0.25, 0.3) is 5.56 Å². The van der Waals surface area contributed by atoms with E-state index in [0.717, 1.165) is 59.8 Å². The molecule has 0 amide bonds. The van der Waals surface area contributed by atoms with E-state index in [1.807, 2.05) is 29.8 Å². The predicted octanol–water partition coefficient (Wildman–Crippen LogP) is 4.60. The van der Waals surface area contributed by atoms with E-state index in [2.05, 4.69) is 40.6 Å². The Morgan fingerprint density at radius 3 is 2.75 bits per heavy atom. The smallest absolute Gasteiger partial charge is 0.258 e. The molecule has 0 aliphatic carbocycles. The number of nitrogens with zero attached hydrogens (tertiary/aromatic N) is 2. The van der Waals surface area contributed by atoms with Gasteiger partial charge in [0.1, 0.15) is 13.2 Å². The lowest BCUT2D eigenvalue weighted by atomic mass is 9.98. The number of thiophene rings is 1. The molecule has 32 heavy (non-hydrogen) atoms.